The van der Waals surface area contributed by atoms with Crippen molar-refractivity contribution in [3.05, 3.63) is 35.4 Å². The third kappa shape index (κ3) is 2.81. The molecule has 2 rings (SSSR count). The Balaban J connectivity index is 2.08. The van der Waals surface area contributed by atoms with Crippen LogP contribution in [0.25, 0.3) is 0 Å². The third-order valence-corrected chi connectivity index (χ3v) is 3.53. The molecule has 1 aromatic rings. The molecule has 0 aromatic heterocycles. The molecule has 108 valence electrons. The second-order valence-electron chi connectivity index (χ2n) is 5.03. The summed E-state index contributed by atoms with van der Waals surface area (Å²) in [5, 5.41) is 30.4. The molecule has 6 nitrogen and oxygen atoms in total. The molecule has 4 N–H and O–H groups in total. The average Bonchev–Trinajstić information content (AvgIpc) is 2.75. The molecular weight excluding hydrogens is 262 g/mol. The minimum atomic E-state index is -1.62. The number of carbonyl (C=O) groups is 2. The Morgan fingerprint density at radius 2 is 1.80 bits per heavy atom. The fraction of sp³-hybridized carbons (Fsp3) is 0.429. The molecule has 0 spiro atoms. The van der Waals surface area contributed by atoms with Crippen molar-refractivity contribution in [2.75, 3.05) is 6.61 Å². The van der Waals surface area contributed by atoms with Gasteiger partial charge in [0, 0.05) is 25.9 Å². The van der Waals surface area contributed by atoms with Gasteiger partial charge in [-0.15, -0.1) is 0 Å². The van der Waals surface area contributed by atoms with Crippen molar-refractivity contribution in [2.24, 2.45) is 0 Å². The van der Waals surface area contributed by atoms with Crippen LogP contribution in [0.15, 0.2) is 24.3 Å². The van der Waals surface area contributed by atoms with Crippen molar-refractivity contribution in [1.29, 1.82) is 0 Å². The van der Waals surface area contributed by atoms with E-state index in [-0.39, 0.29) is 25.9 Å². The van der Waals surface area contributed by atoms with Crippen molar-refractivity contribution in [3.63, 3.8) is 0 Å². The third-order valence-electron chi connectivity index (χ3n) is 3.53. The second-order valence-corrected chi connectivity index (χ2v) is 5.03. The Morgan fingerprint density at radius 1 is 1.25 bits per heavy atom. The SMILES string of the molecule is O=C(O)[C@H](CCO)NC(=O)C1(O)Cc2ccccc2C1. The lowest BCUT2D eigenvalue weighted by atomic mass is 9.98. The molecule has 0 unspecified atom stereocenters. The zero-order chi connectivity index (χ0) is 14.8. The van der Waals surface area contributed by atoms with E-state index in [0.29, 0.717) is 0 Å². The number of hydrogen-bond acceptors (Lipinski definition) is 4. The van der Waals surface area contributed by atoms with Crippen molar-refractivity contribution in [1.82, 2.24) is 5.32 Å². The summed E-state index contributed by atoms with van der Waals surface area (Å²) >= 11 is 0. The van der Waals surface area contributed by atoms with Crippen LogP contribution < -0.4 is 5.32 Å². The molecule has 0 saturated carbocycles. The first-order valence-electron chi connectivity index (χ1n) is 6.40. The molecule has 1 aliphatic carbocycles. The Labute approximate surface area is 116 Å². The van der Waals surface area contributed by atoms with Gasteiger partial charge in [-0.3, -0.25) is 4.79 Å². The number of benzene rings is 1. The van der Waals surface area contributed by atoms with Gasteiger partial charge in [-0.05, 0) is 11.1 Å². The highest BCUT2D eigenvalue weighted by molar-refractivity contribution is 5.90. The smallest absolute Gasteiger partial charge is 0.326 e. The second kappa shape index (κ2) is 5.60. The molecule has 0 bridgehead atoms. The number of aliphatic carboxylic acids is 1. The van der Waals surface area contributed by atoms with Gasteiger partial charge in [-0.1, -0.05) is 24.3 Å². The van der Waals surface area contributed by atoms with Crippen LogP contribution in [-0.4, -0.2) is 45.4 Å². The van der Waals surface area contributed by atoms with E-state index >= 15 is 0 Å². The number of aliphatic hydroxyl groups excluding tert-OH is 1. The number of nitrogens with one attached hydrogen (secondary N) is 1. The number of aliphatic hydroxyl groups is 2. The maximum Gasteiger partial charge on any atom is 0.326 e. The van der Waals surface area contributed by atoms with Crippen molar-refractivity contribution in [2.45, 2.75) is 30.9 Å². The average molecular weight is 279 g/mol. The maximum atomic E-state index is 12.1. The standard InChI is InChI=1S/C14H17NO5/c16-6-5-11(12(17)18)15-13(19)14(20)7-9-3-1-2-4-10(9)8-14/h1-4,11,16,20H,5-8H2,(H,15,19)(H,17,18)/t11-/m0/s1. The first kappa shape index (κ1) is 14.5. The summed E-state index contributed by atoms with van der Waals surface area (Å²) in [4.78, 5) is 23.1. The summed E-state index contributed by atoms with van der Waals surface area (Å²) in [5.41, 5.74) is 0.158. The Morgan fingerprint density at radius 3 is 2.25 bits per heavy atom. The molecule has 0 fully saturated rings. The van der Waals surface area contributed by atoms with E-state index < -0.39 is 23.5 Å². The van der Waals surface area contributed by atoms with Crippen LogP contribution in [-0.2, 0) is 22.4 Å². The van der Waals surface area contributed by atoms with Gasteiger partial charge in [0.2, 0.25) is 0 Å². The number of hydrogen-bond donors (Lipinski definition) is 4. The van der Waals surface area contributed by atoms with Crippen molar-refractivity contribution >= 4 is 11.9 Å². The van der Waals surface area contributed by atoms with E-state index in [1.165, 1.54) is 0 Å². The predicted octanol–water partition coefficient (Wildman–Crippen LogP) is -0.532. The highest BCUT2D eigenvalue weighted by Crippen LogP contribution is 2.30. The van der Waals surface area contributed by atoms with Gasteiger partial charge in [0.15, 0.2) is 5.60 Å². The normalized spacial score (nSPS) is 17.3. The molecular formula is C14H17NO5. The monoisotopic (exact) mass is 279 g/mol. The van der Waals surface area contributed by atoms with Crippen LogP contribution in [0.3, 0.4) is 0 Å². The Hall–Kier alpha value is -1.92. The highest BCUT2D eigenvalue weighted by Gasteiger charge is 2.42. The topological polar surface area (TPSA) is 107 Å². The van der Waals surface area contributed by atoms with Gasteiger partial charge in [0.05, 0.1) is 0 Å². The summed E-state index contributed by atoms with van der Waals surface area (Å²) in [6.45, 7) is -0.351. The molecule has 6 heteroatoms. The lowest BCUT2D eigenvalue weighted by molar-refractivity contribution is -0.147. The fourth-order valence-electron chi connectivity index (χ4n) is 2.43. The molecule has 0 saturated heterocycles. The number of fused-ring (bicyclic) bond motifs is 1. The summed E-state index contributed by atoms with van der Waals surface area (Å²) in [5.74, 6) is -1.94. The van der Waals surface area contributed by atoms with E-state index in [1.807, 2.05) is 24.3 Å². The van der Waals surface area contributed by atoms with Gasteiger partial charge < -0.3 is 20.6 Å². The van der Waals surface area contributed by atoms with E-state index in [1.54, 1.807) is 0 Å². The van der Waals surface area contributed by atoms with Crippen LogP contribution in [0, 0.1) is 0 Å². The molecule has 1 atom stereocenters. The highest BCUT2D eigenvalue weighted by atomic mass is 16.4. The van der Waals surface area contributed by atoms with E-state index in [4.69, 9.17) is 10.2 Å². The zero-order valence-corrected chi connectivity index (χ0v) is 10.9. The Bertz CT molecular complexity index is 503. The minimum absolute atomic E-state index is 0.0932. The van der Waals surface area contributed by atoms with Gasteiger partial charge in [-0.2, -0.15) is 0 Å². The Kier molecular flexibility index (Phi) is 4.06. The fourth-order valence-corrected chi connectivity index (χ4v) is 2.43. The predicted molar refractivity (Wildman–Crippen MR) is 70.1 cm³/mol. The number of amides is 1. The van der Waals surface area contributed by atoms with Gasteiger partial charge in [-0.25, -0.2) is 4.79 Å². The lowest BCUT2D eigenvalue weighted by Gasteiger charge is -2.23. The van der Waals surface area contributed by atoms with Gasteiger partial charge >= 0.3 is 5.97 Å². The molecule has 0 radical (unpaired) electrons. The minimum Gasteiger partial charge on any atom is -0.480 e. The molecule has 1 amide bonds. The number of carboxylic acids is 1. The quantitative estimate of drug-likeness (QED) is 0.579. The molecule has 0 heterocycles. The zero-order valence-electron chi connectivity index (χ0n) is 10.9. The molecule has 1 aliphatic rings. The van der Waals surface area contributed by atoms with Crippen LogP contribution >= 0.6 is 0 Å². The van der Waals surface area contributed by atoms with E-state index in [0.717, 1.165) is 11.1 Å². The largest absolute Gasteiger partial charge is 0.480 e. The molecule has 0 aliphatic heterocycles. The summed E-state index contributed by atoms with van der Waals surface area (Å²) in [6.07, 6.45) is 0.241. The lowest BCUT2D eigenvalue weighted by Crippen LogP contribution is -2.53. The van der Waals surface area contributed by atoms with E-state index in [9.17, 15) is 14.7 Å². The van der Waals surface area contributed by atoms with Crippen LogP contribution in [0.2, 0.25) is 0 Å². The molecule has 20 heavy (non-hydrogen) atoms. The molecule has 1 aromatic carbocycles. The summed E-state index contributed by atoms with van der Waals surface area (Å²) in [7, 11) is 0. The summed E-state index contributed by atoms with van der Waals surface area (Å²) in [6, 6.07) is 6.13. The maximum absolute atomic E-state index is 12.1. The van der Waals surface area contributed by atoms with Crippen LogP contribution in [0.5, 0.6) is 0 Å². The van der Waals surface area contributed by atoms with Crippen LogP contribution in [0.4, 0.5) is 0 Å². The van der Waals surface area contributed by atoms with E-state index in [2.05, 4.69) is 5.32 Å². The summed E-state index contributed by atoms with van der Waals surface area (Å²) < 4.78 is 0. The van der Waals surface area contributed by atoms with Crippen molar-refractivity contribution < 1.29 is 24.9 Å². The number of rotatable bonds is 5. The first-order chi connectivity index (χ1) is 9.46. The number of carboxylic acid groups (broad SMARTS) is 1. The van der Waals surface area contributed by atoms with Gasteiger partial charge in [0.1, 0.15) is 6.04 Å². The van der Waals surface area contributed by atoms with Crippen molar-refractivity contribution in [3.8, 4) is 0 Å². The number of carbonyl (C=O) groups excluding carboxylic acids is 1. The first-order valence-corrected chi connectivity index (χ1v) is 6.40. The van der Waals surface area contributed by atoms with Gasteiger partial charge in [0.25, 0.3) is 5.91 Å². The van der Waals surface area contributed by atoms with Crippen LogP contribution in [0.1, 0.15) is 17.5 Å².